The number of halogens is 2. The Kier molecular flexibility index (Phi) is 5.15. The van der Waals surface area contributed by atoms with Crippen LogP contribution in [0, 0.1) is 0 Å². The van der Waals surface area contributed by atoms with Crippen LogP contribution in [0.3, 0.4) is 0 Å². The molecule has 0 bridgehead atoms. The van der Waals surface area contributed by atoms with Crippen molar-refractivity contribution in [2.75, 3.05) is 6.54 Å². The van der Waals surface area contributed by atoms with Gasteiger partial charge in [0, 0.05) is 10.5 Å². The zero-order valence-electron chi connectivity index (χ0n) is 9.24. The van der Waals surface area contributed by atoms with E-state index in [1.165, 1.54) is 16.2 Å². The molecule has 17 heavy (non-hydrogen) atoms. The van der Waals surface area contributed by atoms with Crippen LogP contribution in [0.1, 0.15) is 23.5 Å². The number of rotatable bonds is 4. The Morgan fingerprint density at radius 2 is 2.06 bits per heavy atom. The van der Waals surface area contributed by atoms with Crippen molar-refractivity contribution in [2.24, 2.45) is 0 Å². The minimum Gasteiger partial charge on any atom is -0.480 e. The predicted octanol–water partition coefficient (Wildman–Crippen LogP) is 3.21. The largest absolute Gasteiger partial charge is 0.480 e. The minimum atomic E-state index is -1.01. The molecule has 0 spiro atoms. The summed E-state index contributed by atoms with van der Waals surface area (Å²) in [6.07, 6.45) is 0. The van der Waals surface area contributed by atoms with Gasteiger partial charge in [-0.15, -0.1) is 11.3 Å². The fraction of sp³-hybridized carbons (Fsp3) is 0.400. The molecule has 94 valence electrons. The molecular formula is C10H11Br2NO3S. The Bertz CT molecular complexity index is 425. The molecule has 1 rings (SSSR count). The smallest absolute Gasteiger partial charge is 0.323 e. The Morgan fingerprint density at radius 3 is 2.41 bits per heavy atom. The molecule has 1 heterocycles. The summed E-state index contributed by atoms with van der Waals surface area (Å²) in [4.78, 5) is 24.7. The summed E-state index contributed by atoms with van der Waals surface area (Å²) in [6.45, 7) is 3.29. The molecule has 0 aromatic carbocycles. The van der Waals surface area contributed by atoms with Crippen molar-refractivity contribution in [2.45, 2.75) is 19.9 Å². The second kappa shape index (κ2) is 5.97. The van der Waals surface area contributed by atoms with E-state index in [1.807, 2.05) is 0 Å². The van der Waals surface area contributed by atoms with Crippen LogP contribution in [0.5, 0.6) is 0 Å². The Balaban J connectivity index is 2.95. The minimum absolute atomic E-state index is 0.154. The third kappa shape index (κ3) is 3.79. The number of nitrogens with zero attached hydrogens (tertiary/aromatic N) is 1. The molecule has 1 amide bonds. The van der Waals surface area contributed by atoms with Crippen molar-refractivity contribution in [3.8, 4) is 0 Å². The van der Waals surface area contributed by atoms with E-state index in [2.05, 4.69) is 31.9 Å². The molecule has 0 unspecified atom stereocenters. The molecule has 0 fully saturated rings. The number of hydrogen-bond acceptors (Lipinski definition) is 3. The average Bonchev–Trinajstić information content (AvgIpc) is 2.54. The van der Waals surface area contributed by atoms with Crippen LogP contribution in [0.25, 0.3) is 0 Å². The molecular weight excluding hydrogens is 374 g/mol. The van der Waals surface area contributed by atoms with Gasteiger partial charge in [0.05, 0.1) is 8.66 Å². The first kappa shape index (κ1) is 14.7. The van der Waals surface area contributed by atoms with Gasteiger partial charge in [-0.1, -0.05) is 0 Å². The van der Waals surface area contributed by atoms with Crippen molar-refractivity contribution in [1.29, 1.82) is 0 Å². The monoisotopic (exact) mass is 383 g/mol. The van der Waals surface area contributed by atoms with E-state index in [1.54, 1.807) is 19.9 Å². The topological polar surface area (TPSA) is 57.6 Å². The molecule has 1 aromatic rings. The highest BCUT2D eigenvalue weighted by Gasteiger charge is 2.23. The summed E-state index contributed by atoms with van der Waals surface area (Å²) in [5, 5.41) is 8.78. The fourth-order valence-corrected chi connectivity index (χ4v) is 3.22. The van der Waals surface area contributed by atoms with Crippen LogP contribution in [0.2, 0.25) is 0 Å². The average molecular weight is 385 g/mol. The normalized spacial score (nSPS) is 10.6. The van der Waals surface area contributed by atoms with E-state index >= 15 is 0 Å². The van der Waals surface area contributed by atoms with Gasteiger partial charge in [-0.05, 0) is 51.8 Å². The lowest BCUT2D eigenvalue weighted by atomic mass is 10.3. The van der Waals surface area contributed by atoms with E-state index in [9.17, 15) is 9.59 Å². The van der Waals surface area contributed by atoms with Crippen LogP contribution in [0.4, 0.5) is 0 Å². The van der Waals surface area contributed by atoms with E-state index in [0.29, 0.717) is 4.88 Å². The molecule has 0 radical (unpaired) electrons. The second-order valence-electron chi connectivity index (χ2n) is 3.65. The van der Waals surface area contributed by atoms with Crippen molar-refractivity contribution >= 4 is 55.1 Å². The van der Waals surface area contributed by atoms with Gasteiger partial charge in [0.25, 0.3) is 5.91 Å². The molecule has 0 saturated heterocycles. The van der Waals surface area contributed by atoms with Gasteiger partial charge in [-0.2, -0.15) is 0 Å². The third-order valence-electron chi connectivity index (χ3n) is 2.05. The number of thiophene rings is 1. The van der Waals surface area contributed by atoms with Crippen molar-refractivity contribution in [3.05, 3.63) is 19.2 Å². The van der Waals surface area contributed by atoms with Crippen molar-refractivity contribution < 1.29 is 14.7 Å². The van der Waals surface area contributed by atoms with Gasteiger partial charge in [0.2, 0.25) is 0 Å². The Labute approximate surface area is 120 Å². The van der Waals surface area contributed by atoms with Gasteiger partial charge in [0.15, 0.2) is 0 Å². The molecule has 0 aliphatic heterocycles. The summed E-state index contributed by atoms with van der Waals surface area (Å²) in [7, 11) is 0. The second-order valence-corrected chi connectivity index (χ2v) is 6.88. The number of carbonyl (C=O) groups excluding carboxylic acids is 1. The predicted molar refractivity (Wildman–Crippen MR) is 73.5 cm³/mol. The first-order valence-corrected chi connectivity index (χ1v) is 7.20. The summed E-state index contributed by atoms with van der Waals surface area (Å²) in [6, 6.07) is 1.53. The zero-order chi connectivity index (χ0) is 13.2. The molecule has 1 N–H and O–H groups in total. The number of amides is 1. The highest BCUT2D eigenvalue weighted by molar-refractivity contribution is 9.13. The maximum absolute atomic E-state index is 12.1. The van der Waals surface area contributed by atoms with Crippen molar-refractivity contribution in [1.82, 2.24) is 4.90 Å². The lowest BCUT2D eigenvalue weighted by Crippen LogP contribution is -2.40. The van der Waals surface area contributed by atoms with E-state index < -0.39 is 5.97 Å². The van der Waals surface area contributed by atoms with Crippen LogP contribution < -0.4 is 0 Å². The summed E-state index contributed by atoms with van der Waals surface area (Å²) in [5.74, 6) is -1.28. The maximum atomic E-state index is 12.1. The summed E-state index contributed by atoms with van der Waals surface area (Å²) in [5.41, 5.74) is 0. The summed E-state index contributed by atoms with van der Waals surface area (Å²) >= 11 is 7.88. The van der Waals surface area contributed by atoms with Gasteiger partial charge in [-0.25, -0.2) is 0 Å². The van der Waals surface area contributed by atoms with Gasteiger partial charge < -0.3 is 10.0 Å². The lowest BCUT2D eigenvalue weighted by molar-refractivity contribution is -0.138. The molecule has 4 nitrogen and oxygen atoms in total. The molecule has 7 heteroatoms. The SMILES string of the molecule is CC(C)N(CC(=O)O)C(=O)c1cc(Br)c(Br)s1. The number of hydrogen-bond donors (Lipinski definition) is 1. The highest BCUT2D eigenvalue weighted by Crippen LogP contribution is 2.33. The van der Waals surface area contributed by atoms with Crippen LogP contribution >= 0.6 is 43.2 Å². The molecule has 1 aromatic heterocycles. The number of carboxylic acid groups (broad SMARTS) is 1. The van der Waals surface area contributed by atoms with Gasteiger partial charge in [0.1, 0.15) is 6.54 Å². The lowest BCUT2D eigenvalue weighted by Gasteiger charge is -2.24. The maximum Gasteiger partial charge on any atom is 0.323 e. The quantitative estimate of drug-likeness (QED) is 0.866. The highest BCUT2D eigenvalue weighted by atomic mass is 79.9. The Hall–Kier alpha value is -0.400. The molecule has 0 saturated carbocycles. The fourth-order valence-electron chi connectivity index (χ4n) is 1.23. The Morgan fingerprint density at radius 1 is 1.47 bits per heavy atom. The first-order chi connectivity index (χ1) is 7.82. The van der Waals surface area contributed by atoms with Crippen LogP contribution in [-0.2, 0) is 4.79 Å². The van der Waals surface area contributed by atoms with Crippen LogP contribution in [0.15, 0.2) is 14.3 Å². The van der Waals surface area contributed by atoms with Gasteiger partial charge >= 0.3 is 5.97 Å². The standard InChI is InChI=1S/C10H11Br2NO3S/c1-5(2)13(4-8(14)15)10(16)7-3-6(11)9(12)17-7/h3,5H,4H2,1-2H3,(H,14,15). The molecule has 0 aliphatic rings. The number of carbonyl (C=O) groups is 2. The van der Waals surface area contributed by atoms with E-state index in [0.717, 1.165) is 8.26 Å². The van der Waals surface area contributed by atoms with Gasteiger partial charge in [-0.3, -0.25) is 9.59 Å². The molecule has 0 aliphatic carbocycles. The van der Waals surface area contributed by atoms with E-state index in [-0.39, 0.29) is 18.5 Å². The zero-order valence-corrected chi connectivity index (χ0v) is 13.2. The van der Waals surface area contributed by atoms with Crippen molar-refractivity contribution in [3.63, 3.8) is 0 Å². The number of aliphatic carboxylic acids is 1. The van der Waals surface area contributed by atoms with Crippen LogP contribution in [-0.4, -0.2) is 34.5 Å². The van der Waals surface area contributed by atoms with E-state index in [4.69, 9.17) is 5.11 Å². The third-order valence-corrected chi connectivity index (χ3v) is 5.29. The molecule has 0 atom stereocenters. The first-order valence-electron chi connectivity index (χ1n) is 4.80. The number of carboxylic acids is 1. The summed E-state index contributed by atoms with van der Waals surface area (Å²) < 4.78 is 1.62.